The van der Waals surface area contributed by atoms with Gasteiger partial charge >= 0.3 is 0 Å². The van der Waals surface area contributed by atoms with Gasteiger partial charge in [0.1, 0.15) is 0 Å². The second kappa shape index (κ2) is 10.6. The fourth-order valence-electron chi connectivity index (χ4n) is 4.22. The molecule has 1 aliphatic carbocycles. The van der Waals surface area contributed by atoms with E-state index in [2.05, 4.69) is 39.9 Å². The molecule has 0 saturated carbocycles. The topological polar surface area (TPSA) is 66.0 Å². The zero-order chi connectivity index (χ0) is 20.6. The molecule has 1 heterocycles. The molecule has 2 unspecified atom stereocenters. The van der Waals surface area contributed by atoms with E-state index in [1.165, 1.54) is 24.0 Å². The predicted octanol–water partition coefficient (Wildman–Crippen LogP) is 2.89. The Bertz CT molecular complexity index is 704. The first-order valence-corrected chi connectivity index (χ1v) is 11.0. The van der Waals surface area contributed by atoms with E-state index >= 15 is 0 Å². The predicted molar refractivity (Wildman–Crippen MR) is 117 cm³/mol. The van der Waals surface area contributed by atoms with E-state index in [1.807, 2.05) is 18.7 Å². The van der Waals surface area contributed by atoms with E-state index in [1.54, 1.807) is 7.05 Å². The highest BCUT2D eigenvalue weighted by molar-refractivity contribution is 5.81. The molecule has 0 bridgehead atoms. The van der Waals surface area contributed by atoms with Crippen LogP contribution in [0.1, 0.15) is 56.8 Å². The molecule has 2 aliphatic rings. The Kier molecular flexibility index (Phi) is 7.92. The molecular formula is C23H36N4O2. The van der Waals surface area contributed by atoms with Gasteiger partial charge in [-0.25, -0.2) is 0 Å². The maximum absolute atomic E-state index is 12.1. The lowest BCUT2D eigenvalue weighted by molar-refractivity contribution is -0.133. The molecule has 0 aromatic heterocycles. The third kappa shape index (κ3) is 5.95. The van der Waals surface area contributed by atoms with Crippen LogP contribution in [0.4, 0.5) is 0 Å². The van der Waals surface area contributed by atoms with Gasteiger partial charge in [-0.15, -0.1) is 0 Å². The van der Waals surface area contributed by atoms with Crippen molar-refractivity contribution in [1.29, 1.82) is 0 Å². The summed E-state index contributed by atoms with van der Waals surface area (Å²) in [6.07, 6.45) is 5.61. The molecule has 1 saturated heterocycles. The number of nitrogens with zero attached hydrogens (tertiary/aromatic N) is 2. The maximum atomic E-state index is 12.1. The molecule has 160 valence electrons. The van der Waals surface area contributed by atoms with Crippen LogP contribution in [-0.4, -0.2) is 56.1 Å². The minimum atomic E-state index is 0.0577. The Morgan fingerprint density at radius 2 is 2.14 bits per heavy atom. The molecule has 1 fully saturated rings. The normalized spacial score (nSPS) is 21.9. The molecule has 0 spiro atoms. The van der Waals surface area contributed by atoms with Crippen molar-refractivity contribution in [2.45, 2.75) is 58.1 Å². The molecule has 29 heavy (non-hydrogen) atoms. The largest absolute Gasteiger partial charge is 0.373 e. The molecular weight excluding hydrogens is 364 g/mol. The van der Waals surface area contributed by atoms with Crippen LogP contribution in [0.3, 0.4) is 0 Å². The summed E-state index contributed by atoms with van der Waals surface area (Å²) in [5, 5.41) is 6.82. The number of rotatable bonds is 7. The van der Waals surface area contributed by atoms with Crippen LogP contribution in [0.2, 0.25) is 0 Å². The first-order chi connectivity index (χ1) is 14.1. The summed E-state index contributed by atoms with van der Waals surface area (Å²) >= 11 is 0. The van der Waals surface area contributed by atoms with Crippen molar-refractivity contribution < 1.29 is 9.53 Å². The van der Waals surface area contributed by atoms with Crippen molar-refractivity contribution in [2.75, 3.05) is 33.3 Å². The Morgan fingerprint density at radius 3 is 2.93 bits per heavy atom. The number of guanidine groups is 1. The van der Waals surface area contributed by atoms with Gasteiger partial charge in [0, 0.05) is 45.2 Å². The Labute approximate surface area is 175 Å². The van der Waals surface area contributed by atoms with E-state index in [0.717, 1.165) is 51.5 Å². The molecule has 6 nitrogen and oxygen atoms in total. The van der Waals surface area contributed by atoms with Crippen molar-refractivity contribution in [3.63, 3.8) is 0 Å². The van der Waals surface area contributed by atoms with E-state index in [4.69, 9.17) is 4.74 Å². The molecule has 2 N–H and O–H groups in total. The van der Waals surface area contributed by atoms with Crippen LogP contribution >= 0.6 is 0 Å². The van der Waals surface area contributed by atoms with Gasteiger partial charge in [-0.1, -0.05) is 38.1 Å². The van der Waals surface area contributed by atoms with Crippen molar-refractivity contribution in [3.05, 3.63) is 35.4 Å². The fraction of sp³-hybridized carbons (Fsp3) is 0.652. The van der Waals surface area contributed by atoms with Crippen molar-refractivity contribution in [3.8, 4) is 0 Å². The first-order valence-electron chi connectivity index (χ1n) is 11.0. The van der Waals surface area contributed by atoms with Crippen LogP contribution in [0.25, 0.3) is 0 Å². The summed E-state index contributed by atoms with van der Waals surface area (Å²) in [5.74, 6) is 1.10. The summed E-state index contributed by atoms with van der Waals surface area (Å²) in [6, 6.07) is 8.92. The molecule has 3 rings (SSSR count). The molecule has 1 aromatic rings. The molecule has 1 amide bonds. The zero-order valence-corrected chi connectivity index (χ0v) is 18.1. The molecule has 1 aliphatic heterocycles. The number of likely N-dealkylation sites (tertiary alicyclic amines) is 1. The van der Waals surface area contributed by atoms with Crippen LogP contribution in [0.15, 0.2) is 29.3 Å². The number of hydrogen-bond donors (Lipinski definition) is 2. The summed E-state index contributed by atoms with van der Waals surface area (Å²) in [5.41, 5.74) is 2.80. The van der Waals surface area contributed by atoms with Gasteiger partial charge in [0.2, 0.25) is 5.91 Å². The minimum absolute atomic E-state index is 0.0577. The van der Waals surface area contributed by atoms with E-state index in [0.29, 0.717) is 0 Å². The standard InChI is InChI=1S/C23H36N4O2/c1-17(2)22(28)27-14-12-19(16-27)26-23(24-3)25-13-7-15-29-21-11-6-9-18-8-4-5-10-20(18)21/h4-5,8,10,17,19,21H,6-7,9,11-16H2,1-3H3,(H2,24,25,26). The lowest BCUT2D eigenvalue weighted by Crippen LogP contribution is -2.45. The number of aliphatic imine (C=N–C) groups is 1. The van der Waals surface area contributed by atoms with Crippen LogP contribution in [0, 0.1) is 5.92 Å². The fourth-order valence-corrected chi connectivity index (χ4v) is 4.22. The number of benzene rings is 1. The van der Waals surface area contributed by atoms with Gasteiger partial charge in [-0.05, 0) is 43.2 Å². The average Bonchev–Trinajstić information content (AvgIpc) is 3.20. The van der Waals surface area contributed by atoms with Crippen LogP contribution < -0.4 is 10.6 Å². The molecule has 2 atom stereocenters. The van der Waals surface area contributed by atoms with Gasteiger partial charge in [0.25, 0.3) is 0 Å². The quantitative estimate of drug-likeness (QED) is 0.420. The number of ether oxygens (including phenoxy) is 1. The summed E-state index contributed by atoms with van der Waals surface area (Å²) < 4.78 is 6.18. The second-order valence-corrected chi connectivity index (χ2v) is 8.37. The summed E-state index contributed by atoms with van der Waals surface area (Å²) in [6.45, 7) is 7.04. The number of amides is 1. The number of hydrogen-bond acceptors (Lipinski definition) is 3. The van der Waals surface area contributed by atoms with Gasteiger partial charge in [0.15, 0.2) is 5.96 Å². The lowest BCUT2D eigenvalue weighted by Gasteiger charge is -2.25. The number of aryl methyl sites for hydroxylation is 1. The number of carbonyl (C=O) groups is 1. The van der Waals surface area contributed by atoms with Gasteiger partial charge in [-0.3, -0.25) is 9.79 Å². The van der Waals surface area contributed by atoms with Crippen molar-refractivity contribution in [2.24, 2.45) is 10.9 Å². The monoisotopic (exact) mass is 400 g/mol. The lowest BCUT2D eigenvalue weighted by atomic mass is 9.89. The third-order valence-electron chi connectivity index (χ3n) is 5.81. The smallest absolute Gasteiger partial charge is 0.225 e. The Balaban J connectivity index is 1.34. The van der Waals surface area contributed by atoms with E-state index in [9.17, 15) is 4.79 Å². The number of fused-ring (bicyclic) bond motifs is 1. The minimum Gasteiger partial charge on any atom is -0.373 e. The zero-order valence-electron chi connectivity index (χ0n) is 18.1. The highest BCUT2D eigenvalue weighted by Crippen LogP contribution is 2.32. The third-order valence-corrected chi connectivity index (χ3v) is 5.81. The number of carbonyl (C=O) groups excluding carboxylic acids is 1. The summed E-state index contributed by atoms with van der Waals surface area (Å²) in [4.78, 5) is 18.4. The summed E-state index contributed by atoms with van der Waals surface area (Å²) in [7, 11) is 1.79. The Hall–Kier alpha value is -2.08. The molecule has 6 heteroatoms. The highest BCUT2D eigenvalue weighted by Gasteiger charge is 2.28. The molecule has 0 radical (unpaired) electrons. The second-order valence-electron chi connectivity index (χ2n) is 8.37. The number of nitrogens with one attached hydrogen (secondary N) is 2. The van der Waals surface area contributed by atoms with Crippen LogP contribution in [0.5, 0.6) is 0 Å². The van der Waals surface area contributed by atoms with Crippen LogP contribution in [-0.2, 0) is 16.0 Å². The first kappa shape index (κ1) is 21.6. The van der Waals surface area contributed by atoms with Gasteiger partial charge < -0.3 is 20.3 Å². The average molecular weight is 401 g/mol. The van der Waals surface area contributed by atoms with Gasteiger partial charge in [0.05, 0.1) is 6.10 Å². The Morgan fingerprint density at radius 1 is 1.31 bits per heavy atom. The maximum Gasteiger partial charge on any atom is 0.225 e. The molecule has 1 aromatic carbocycles. The van der Waals surface area contributed by atoms with Crippen molar-refractivity contribution in [1.82, 2.24) is 15.5 Å². The SMILES string of the molecule is CN=C(NCCCOC1CCCc2ccccc21)NC1CCN(C(=O)C(C)C)C1. The van der Waals surface area contributed by atoms with E-state index in [-0.39, 0.29) is 24.0 Å². The van der Waals surface area contributed by atoms with Crippen molar-refractivity contribution >= 4 is 11.9 Å². The highest BCUT2D eigenvalue weighted by atomic mass is 16.5. The van der Waals surface area contributed by atoms with Gasteiger partial charge in [-0.2, -0.15) is 0 Å². The van der Waals surface area contributed by atoms with E-state index < -0.39 is 0 Å².